The van der Waals surface area contributed by atoms with Crippen LogP contribution in [0.1, 0.15) is 44.9 Å². The molecule has 0 aliphatic carbocycles. The summed E-state index contributed by atoms with van der Waals surface area (Å²) >= 11 is 0. The summed E-state index contributed by atoms with van der Waals surface area (Å²) in [6, 6.07) is 0.506. The molecule has 4 nitrogen and oxygen atoms in total. The largest absolute Gasteiger partial charge is 0.373 e. The van der Waals surface area contributed by atoms with Crippen molar-refractivity contribution in [3.63, 3.8) is 0 Å². The average molecular weight is 251 g/mol. The Morgan fingerprint density at radius 2 is 2.28 bits per heavy atom. The van der Waals surface area contributed by atoms with E-state index in [0.29, 0.717) is 18.2 Å². The van der Waals surface area contributed by atoms with Crippen molar-refractivity contribution >= 4 is 0 Å². The minimum absolute atomic E-state index is 0.338. The molecule has 0 radical (unpaired) electrons. The third-order valence-corrected chi connectivity index (χ3v) is 3.46. The molecule has 1 saturated heterocycles. The first-order valence-electron chi connectivity index (χ1n) is 6.96. The first kappa shape index (κ1) is 13.6. The van der Waals surface area contributed by atoms with Crippen molar-refractivity contribution in [1.82, 2.24) is 15.1 Å². The lowest BCUT2D eigenvalue weighted by molar-refractivity contribution is 0.0436. The van der Waals surface area contributed by atoms with Gasteiger partial charge in [0.1, 0.15) is 0 Å². The van der Waals surface area contributed by atoms with Crippen LogP contribution in [0.15, 0.2) is 6.20 Å². The number of nitrogens with zero attached hydrogens (tertiary/aromatic N) is 2. The first-order valence-corrected chi connectivity index (χ1v) is 6.96. The molecule has 0 amide bonds. The van der Waals surface area contributed by atoms with Crippen LogP contribution in [-0.4, -0.2) is 28.0 Å². The topological polar surface area (TPSA) is 39.1 Å². The van der Waals surface area contributed by atoms with Crippen LogP contribution in [0.3, 0.4) is 0 Å². The summed E-state index contributed by atoms with van der Waals surface area (Å²) in [5.74, 6) is 0. The highest BCUT2D eigenvalue weighted by Gasteiger charge is 2.22. The van der Waals surface area contributed by atoms with Gasteiger partial charge in [0.05, 0.1) is 24.4 Å². The van der Waals surface area contributed by atoms with Gasteiger partial charge in [-0.05, 0) is 26.7 Å². The second kappa shape index (κ2) is 5.85. The van der Waals surface area contributed by atoms with Gasteiger partial charge in [0.25, 0.3) is 0 Å². The van der Waals surface area contributed by atoms with Gasteiger partial charge in [-0.15, -0.1) is 0 Å². The number of hydrogen-bond donors (Lipinski definition) is 1. The van der Waals surface area contributed by atoms with E-state index in [0.717, 1.165) is 25.2 Å². The number of aromatic nitrogens is 2. The van der Waals surface area contributed by atoms with E-state index in [1.165, 1.54) is 12.0 Å². The van der Waals surface area contributed by atoms with E-state index < -0.39 is 0 Å². The molecule has 1 aliphatic rings. The molecule has 0 saturated carbocycles. The number of ether oxygens (including phenoxy) is 1. The zero-order valence-corrected chi connectivity index (χ0v) is 11.9. The molecule has 0 aromatic carbocycles. The molecule has 18 heavy (non-hydrogen) atoms. The molecule has 0 bridgehead atoms. The zero-order chi connectivity index (χ0) is 13.1. The third-order valence-electron chi connectivity index (χ3n) is 3.46. The van der Waals surface area contributed by atoms with Crippen molar-refractivity contribution in [3.05, 3.63) is 17.5 Å². The van der Waals surface area contributed by atoms with Crippen LogP contribution in [0.5, 0.6) is 0 Å². The molecule has 1 aromatic heterocycles. The van der Waals surface area contributed by atoms with E-state index >= 15 is 0 Å². The second-order valence-corrected chi connectivity index (χ2v) is 5.64. The fraction of sp³-hybridized carbons (Fsp3) is 0.786. The molecule has 1 aliphatic heterocycles. The lowest BCUT2D eigenvalue weighted by atomic mass is 10.2. The second-order valence-electron chi connectivity index (χ2n) is 5.64. The van der Waals surface area contributed by atoms with Crippen molar-refractivity contribution in [3.8, 4) is 0 Å². The van der Waals surface area contributed by atoms with Gasteiger partial charge in [-0.1, -0.05) is 13.8 Å². The van der Waals surface area contributed by atoms with E-state index in [9.17, 15) is 0 Å². The molecule has 2 unspecified atom stereocenters. The molecule has 2 heterocycles. The quantitative estimate of drug-likeness (QED) is 0.872. The summed E-state index contributed by atoms with van der Waals surface area (Å²) < 4.78 is 7.87. The fourth-order valence-corrected chi connectivity index (χ4v) is 2.37. The maximum atomic E-state index is 5.84. The highest BCUT2D eigenvalue weighted by molar-refractivity contribution is 5.15. The summed E-state index contributed by atoms with van der Waals surface area (Å²) in [6.45, 7) is 10.3. The van der Waals surface area contributed by atoms with Crippen molar-refractivity contribution in [1.29, 1.82) is 0 Å². The van der Waals surface area contributed by atoms with Gasteiger partial charge >= 0.3 is 0 Å². The Bertz CT molecular complexity index is 386. The maximum absolute atomic E-state index is 5.84. The van der Waals surface area contributed by atoms with Crippen LogP contribution in [0.4, 0.5) is 0 Å². The molecule has 0 spiro atoms. The minimum Gasteiger partial charge on any atom is -0.373 e. The van der Waals surface area contributed by atoms with Crippen molar-refractivity contribution in [2.24, 2.45) is 0 Å². The Kier molecular flexibility index (Phi) is 4.40. The molecule has 102 valence electrons. The Balaban J connectivity index is 1.91. The van der Waals surface area contributed by atoms with Gasteiger partial charge in [-0.3, -0.25) is 4.68 Å². The lowest BCUT2D eigenvalue weighted by Crippen LogP contribution is -2.22. The molecule has 1 N–H and O–H groups in total. The smallest absolute Gasteiger partial charge is 0.0775 e. The number of hydrogen-bond acceptors (Lipinski definition) is 3. The molecule has 2 rings (SSSR count). The van der Waals surface area contributed by atoms with Crippen LogP contribution in [0.25, 0.3) is 0 Å². The van der Waals surface area contributed by atoms with Crippen LogP contribution >= 0.6 is 0 Å². The van der Waals surface area contributed by atoms with E-state index in [2.05, 4.69) is 44.3 Å². The van der Waals surface area contributed by atoms with Crippen molar-refractivity contribution < 1.29 is 4.74 Å². The predicted octanol–water partition coefficient (Wildman–Crippen LogP) is 2.26. The van der Waals surface area contributed by atoms with Gasteiger partial charge in [0, 0.05) is 24.3 Å². The Labute approximate surface area is 110 Å². The van der Waals surface area contributed by atoms with Crippen LogP contribution in [0, 0.1) is 6.92 Å². The molecule has 2 atom stereocenters. The summed E-state index contributed by atoms with van der Waals surface area (Å²) in [5, 5.41) is 8.01. The highest BCUT2D eigenvalue weighted by Crippen LogP contribution is 2.20. The SMILES string of the molecule is Cc1nn(CC2CCC(C)O2)cc1CNC(C)C. The molecular weight excluding hydrogens is 226 g/mol. The standard InChI is InChI=1S/C14H25N3O/c1-10(2)15-7-13-8-17(16-12(13)4)9-14-6-5-11(3)18-14/h8,10-11,14-15H,5-7,9H2,1-4H3. The summed E-state index contributed by atoms with van der Waals surface area (Å²) in [4.78, 5) is 0. The van der Waals surface area contributed by atoms with Gasteiger partial charge < -0.3 is 10.1 Å². The molecule has 4 heteroatoms. The minimum atomic E-state index is 0.338. The van der Waals surface area contributed by atoms with Gasteiger partial charge in [-0.25, -0.2) is 0 Å². The number of aryl methyl sites for hydroxylation is 1. The van der Waals surface area contributed by atoms with E-state index in [-0.39, 0.29) is 0 Å². The Morgan fingerprint density at radius 3 is 2.89 bits per heavy atom. The number of nitrogens with one attached hydrogen (secondary N) is 1. The van der Waals surface area contributed by atoms with E-state index in [4.69, 9.17) is 4.74 Å². The highest BCUT2D eigenvalue weighted by atomic mass is 16.5. The molecular formula is C14H25N3O. The van der Waals surface area contributed by atoms with Crippen LogP contribution in [0.2, 0.25) is 0 Å². The summed E-state index contributed by atoms with van der Waals surface area (Å²) in [7, 11) is 0. The molecule has 1 fully saturated rings. The Hall–Kier alpha value is -0.870. The first-order chi connectivity index (χ1) is 8.54. The molecule has 1 aromatic rings. The van der Waals surface area contributed by atoms with Crippen LogP contribution in [-0.2, 0) is 17.8 Å². The van der Waals surface area contributed by atoms with E-state index in [1.54, 1.807) is 0 Å². The lowest BCUT2D eigenvalue weighted by Gasteiger charge is -2.10. The van der Waals surface area contributed by atoms with Gasteiger partial charge in [-0.2, -0.15) is 5.10 Å². The Morgan fingerprint density at radius 1 is 1.50 bits per heavy atom. The van der Waals surface area contributed by atoms with Gasteiger partial charge in [0.15, 0.2) is 0 Å². The third kappa shape index (κ3) is 3.56. The van der Waals surface area contributed by atoms with Crippen molar-refractivity contribution in [2.45, 2.75) is 71.9 Å². The van der Waals surface area contributed by atoms with Gasteiger partial charge in [0.2, 0.25) is 0 Å². The average Bonchev–Trinajstić information content (AvgIpc) is 2.83. The predicted molar refractivity (Wildman–Crippen MR) is 72.5 cm³/mol. The summed E-state index contributed by atoms with van der Waals surface area (Å²) in [5.41, 5.74) is 2.41. The normalized spacial score (nSPS) is 24.1. The maximum Gasteiger partial charge on any atom is 0.0775 e. The summed E-state index contributed by atoms with van der Waals surface area (Å²) in [6.07, 6.45) is 5.22. The fourth-order valence-electron chi connectivity index (χ4n) is 2.37. The zero-order valence-electron chi connectivity index (χ0n) is 11.9. The number of rotatable bonds is 5. The van der Waals surface area contributed by atoms with Crippen LogP contribution < -0.4 is 5.32 Å². The monoisotopic (exact) mass is 251 g/mol. The van der Waals surface area contributed by atoms with E-state index in [1.807, 2.05) is 4.68 Å². The van der Waals surface area contributed by atoms with Crippen molar-refractivity contribution in [2.75, 3.05) is 0 Å².